The summed E-state index contributed by atoms with van der Waals surface area (Å²) in [5, 5.41) is 8.67. The van der Waals surface area contributed by atoms with Crippen molar-refractivity contribution < 1.29 is 19.1 Å². The van der Waals surface area contributed by atoms with Gasteiger partial charge in [-0.1, -0.05) is 11.8 Å². The van der Waals surface area contributed by atoms with Crippen molar-refractivity contribution in [2.24, 2.45) is 7.05 Å². The van der Waals surface area contributed by atoms with E-state index < -0.39 is 11.9 Å². The zero-order valence-corrected chi connectivity index (χ0v) is 15.2. The second-order valence-electron chi connectivity index (χ2n) is 4.60. The lowest BCUT2D eigenvalue weighted by Crippen LogP contribution is -2.11. The van der Waals surface area contributed by atoms with Crippen LogP contribution >= 0.6 is 23.1 Å². The monoisotopic (exact) mass is 370 g/mol. The maximum Gasteiger partial charge on any atom is 0.348 e. The Labute approximate surface area is 147 Å². The molecule has 0 aromatic carbocycles. The zero-order chi connectivity index (χ0) is 17.7. The van der Waals surface area contributed by atoms with Crippen LogP contribution in [-0.2, 0) is 22.3 Å². The average Bonchev–Trinajstić information content (AvgIpc) is 3.08. The first-order chi connectivity index (χ1) is 11.5. The van der Waals surface area contributed by atoms with Crippen LogP contribution in [0.3, 0.4) is 0 Å². The van der Waals surface area contributed by atoms with Crippen LogP contribution < -0.4 is 5.73 Å². The second kappa shape index (κ2) is 8.15. The quantitative estimate of drug-likeness (QED) is 0.583. The molecule has 0 saturated carbocycles. The number of hydrogen-bond acceptors (Lipinski definition) is 9. The number of thiophene rings is 1. The van der Waals surface area contributed by atoms with E-state index in [1.54, 1.807) is 24.7 Å². The van der Waals surface area contributed by atoms with Crippen LogP contribution in [-0.4, -0.2) is 39.9 Å². The lowest BCUT2D eigenvalue weighted by molar-refractivity contribution is 0.0527. The molecule has 2 heterocycles. The number of anilines is 1. The molecule has 2 aromatic rings. The smallest absolute Gasteiger partial charge is 0.348 e. The molecule has 0 bridgehead atoms. The van der Waals surface area contributed by atoms with Gasteiger partial charge in [0.1, 0.15) is 16.2 Å². The summed E-state index contributed by atoms with van der Waals surface area (Å²) < 4.78 is 11.9. The molecule has 0 unspecified atom stereocenters. The number of nitrogen functional groups attached to an aromatic ring is 1. The van der Waals surface area contributed by atoms with E-state index in [-0.39, 0.29) is 23.8 Å². The van der Waals surface area contributed by atoms with Gasteiger partial charge in [-0.2, -0.15) is 0 Å². The molecule has 0 saturated heterocycles. The summed E-state index contributed by atoms with van der Waals surface area (Å²) in [6, 6.07) is 0. The number of nitrogens with zero attached hydrogens (tertiary/aromatic N) is 3. The fraction of sp³-hybridized carbons (Fsp3) is 0.429. The van der Waals surface area contributed by atoms with E-state index in [1.807, 2.05) is 7.05 Å². The molecule has 0 aliphatic carbocycles. The highest BCUT2D eigenvalue weighted by Gasteiger charge is 2.28. The molecule has 130 valence electrons. The normalized spacial score (nSPS) is 10.6. The Hall–Kier alpha value is -2.07. The van der Waals surface area contributed by atoms with Gasteiger partial charge in [-0.25, -0.2) is 9.59 Å². The van der Waals surface area contributed by atoms with Gasteiger partial charge >= 0.3 is 11.9 Å². The lowest BCUT2D eigenvalue weighted by Gasteiger charge is -2.07. The Kier molecular flexibility index (Phi) is 6.21. The predicted molar refractivity (Wildman–Crippen MR) is 91.2 cm³/mol. The standard InChI is InChI=1S/C14H18N4O4S2/c1-4-21-12(19)9-8(6-23-14-17-16-7-18(14)3)10(24-11(9)15)13(20)22-5-2/h7H,4-6,15H2,1-3H3. The first kappa shape index (κ1) is 18.3. The van der Waals surface area contributed by atoms with Crippen LogP contribution in [0.1, 0.15) is 39.4 Å². The van der Waals surface area contributed by atoms with Gasteiger partial charge in [-0.05, 0) is 13.8 Å². The highest BCUT2D eigenvalue weighted by Crippen LogP contribution is 2.36. The molecule has 2 rings (SSSR count). The van der Waals surface area contributed by atoms with Gasteiger partial charge in [0, 0.05) is 18.4 Å². The number of aryl methyl sites for hydroxylation is 1. The summed E-state index contributed by atoms with van der Waals surface area (Å²) in [5.41, 5.74) is 6.68. The largest absolute Gasteiger partial charge is 0.462 e. The number of rotatable bonds is 7. The number of hydrogen-bond donors (Lipinski definition) is 1. The summed E-state index contributed by atoms with van der Waals surface area (Å²) >= 11 is 2.38. The first-order valence-electron chi connectivity index (χ1n) is 7.21. The van der Waals surface area contributed by atoms with Gasteiger partial charge in [-0.3, -0.25) is 0 Å². The number of carbonyl (C=O) groups is 2. The summed E-state index contributed by atoms with van der Waals surface area (Å²) in [7, 11) is 1.81. The van der Waals surface area contributed by atoms with E-state index in [9.17, 15) is 9.59 Å². The molecular formula is C14H18N4O4S2. The van der Waals surface area contributed by atoms with Crippen LogP contribution in [0.4, 0.5) is 5.00 Å². The van der Waals surface area contributed by atoms with Crippen LogP contribution in [0.5, 0.6) is 0 Å². The molecule has 0 fully saturated rings. The number of esters is 2. The second-order valence-corrected chi connectivity index (χ2v) is 6.60. The number of aromatic nitrogens is 3. The molecular weight excluding hydrogens is 352 g/mol. The van der Waals surface area contributed by atoms with Crippen molar-refractivity contribution >= 4 is 40.0 Å². The third kappa shape index (κ3) is 3.88. The molecule has 24 heavy (non-hydrogen) atoms. The maximum absolute atomic E-state index is 12.2. The van der Waals surface area contributed by atoms with Gasteiger partial charge in [0.05, 0.1) is 18.8 Å². The van der Waals surface area contributed by atoms with Gasteiger partial charge in [0.15, 0.2) is 5.16 Å². The van der Waals surface area contributed by atoms with E-state index in [0.29, 0.717) is 21.3 Å². The van der Waals surface area contributed by atoms with E-state index in [0.717, 1.165) is 11.3 Å². The van der Waals surface area contributed by atoms with Crippen LogP contribution in [0, 0.1) is 0 Å². The number of carbonyl (C=O) groups excluding carboxylic acids is 2. The van der Waals surface area contributed by atoms with Crippen LogP contribution in [0.25, 0.3) is 0 Å². The Bertz CT molecular complexity index is 741. The molecule has 0 amide bonds. The van der Waals surface area contributed by atoms with Crippen molar-refractivity contribution in [1.29, 1.82) is 0 Å². The minimum atomic E-state index is -0.546. The van der Waals surface area contributed by atoms with E-state index in [2.05, 4.69) is 10.2 Å². The highest BCUT2D eigenvalue weighted by atomic mass is 32.2. The molecule has 10 heteroatoms. The molecule has 0 spiro atoms. The third-order valence-corrected chi connectivity index (χ3v) is 5.09. The lowest BCUT2D eigenvalue weighted by atomic mass is 10.1. The number of thioether (sulfide) groups is 1. The minimum Gasteiger partial charge on any atom is -0.462 e. The summed E-state index contributed by atoms with van der Waals surface area (Å²) in [4.78, 5) is 24.7. The predicted octanol–water partition coefficient (Wildman–Crippen LogP) is 2.10. The van der Waals surface area contributed by atoms with Gasteiger partial charge in [-0.15, -0.1) is 21.5 Å². The Morgan fingerprint density at radius 2 is 1.96 bits per heavy atom. The minimum absolute atomic E-state index is 0.221. The fourth-order valence-electron chi connectivity index (χ4n) is 1.95. The third-order valence-electron chi connectivity index (χ3n) is 2.99. The Morgan fingerprint density at radius 3 is 2.54 bits per heavy atom. The van der Waals surface area contributed by atoms with Gasteiger partial charge in [0.25, 0.3) is 0 Å². The zero-order valence-electron chi connectivity index (χ0n) is 13.6. The summed E-state index contributed by atoms with van der Waals surface area (Å²) in [5.74, 6) is -0.726. The van der Waals surface area contributed by atoms with Crippen molar-refractivity contribution in [2.75, 3.05) is 18.9 Å². The SMILES string of the molecule is CCOC(=O)c1sc(N)c(C(=O)OCC)c1CSc1nncn1C. The molecule has 0 atom stereocenters. The number of nitrogens with two attached hydrogens (primary N) is 1. The van der Waals surface area contributed by atoms with E-state index in [1.165, 1.54) is 11.8 Å². The summed E-state index contributed by atoms with van der Waals surface area (Å²) in [6.45, 7) is 3.88. The topological polar surface area (TPSA) is 109 Å². The Morgan fingerprint density at radius 1 is 1.29 bits per heavy atom. The van der Waals surface area contributed by atoms with Crippen molar-refractivity contribution in [2.45, 2.75) is 24.8 Å². The molecule has 0 aliphatic heterocycles. The summed E-state index contributed by atoms with van der Waals surface area (Å²) in [6.07, 6.45) is 1.57. The molecule has 0 aliphatic rings. The fourth-order valence-corrected chi connectivity index (χ4v) is 3.93. The molecule has 0 radical (unpaired) electrons. The Balaban J connectivity index is 2.37. The molecule has 8 nitrogen and oxygen atoms in total. The highest BCUT2D eigenvalue weighted by molar-refractivity contribution is 7.98. The van der Waals surface area contributed by atoms with Gasteiger partial charge in [0.2, 0.25) is 0 Å². The van der Waals surface area contributed by atoms with Crippen molar-refractivity contribution in [3.05, 3.63) is 22.3 Å². The van der Waals surface area contributed by atoms with Crippen molar-refractivity contribution in [3.63, 3.8) is 0 Å². The number of ether oxygens (including phenoxy) is 2. The van der Waals surface area contributed by atoms with Crippen LogP contribution in [0.2, 0.25) is 0 Å². The maximum atomic E-state index is 12.2. The van der Waals surface area contributed by atoms with E-state index in [4.69, 9.17) is 15.2 Å². The van der Waals surface area contributed by atoms with Crippen molar-refractivity contribution in [3.8, 4) is 0 Å². The van der Waals surface area contributed by atoms with E-state index >= 15 is 0 Å². The first-order valence-corrected chi connectivity index (χ1v) is 9.01. The van der Waals surface area contributed by atoms with Crippen LogP contribution in [0.15, 0.2) is 11.5 Å². The van der Waals surface area contributed by atoms with Gasteiger partial charge < -0.3 is 19.8 Å². The van der Waals surface area contributed by atoms with Crippen molar-refractivity contribution in [1.82, 2.24) is 14.8 Å². The average molecular weight is 370 g/mol. The molecule has 2 N–H and O–H groups in total. The molecule has 2 aromatic heterocycles.